The van der Waals surface area contributed by atoms with E-state index in [-0.39, 0.29) is 6.54 Å². The van der Waals surface area contributed by atoms with Gasteiger partial charge in [0.05, 0.1) is 0 Å². The Morgan fingerprint density at radius 2 is 1.94 bits per heavy atom. The molecule has 0 aromatic carbocycles. The molecule has 6 heteroatoms. The highest BCUT2D eigenvalue weighted by molar-refractivity contribution is 5.90. The maximum Gasteiger partial charge on any atom is 0.408 e. The van der Waals surface area contributed by atoms with Crippen molar-refractivity contribution in [2.24, 2.45) is 0 Å². The summed E-state index contributed by atoms with van der Waals surface area (Å²) in [5.74, 6) is -0.417. The van der Waals surface area contributed by atoms with E-state index in [1.54, 1.807) is 0 Å². The van der Waals surface area contributed by atoms with E-state index in [1.165, 1.54) is 0 Å². The summed E-state index contributed by atoms with van der Waals surface area (Å²) < 4.78 is 17.0. The number of ether oxygens (including phenoxy) is 1. The number of carbonyl (C=O) groups excluding carboxylic acids is 2. The van der Waals surface area contributed by atoms with Crippen LogP contribution in [0.3, 0.4) is 0 Å². The summed E-state index contributed by atoms with van der Waals surface area (Å²) in [5, 5.41) is 5.00. The van der Waals surface area contributed by atoms with Gasteiger partial charge in [-0.1, -0.05) is 0 Å². The predicted molar refractivity (Wildman–Crippen MR) is 60.3 cm³/mol. The van der Waals surface area contributed by atoms with Crippen molar-refractivity contribution in [2.45, 2.75) is 44.8 Å². The van der Waals surface area contributed by atoms with Crippen LogP contribution in [0, 0.1) is 0 Å². The van der Waals surface area contributed by atoms with Crippen molar-refractivity contribution in [1.29, 1.82) is 0 Å². The van der Waals surface area contributed by atoms with E-state index in [9.17, 15) is 14.0 Å². The molecule has 1 fully saturated rings. The number of alkyl carbamates (subject to hydrolysis) is 1. The summed E-state index contributed by atoms with van der Waals surface area (Å²) in [6.07, 6.45) is 0.358. The van der Waals surface area contributed by atoms with Crippen molar-refractivity contribution >= 4 is 12.0 Å². The summed E-state index contributed by atoms with van der Waals surface area (Å²) in [6, 6.07) is 0. The topological polar surface area (TPSA) is 67.4 Å². The highest BCUT2D eigenvalue weighted by Gasteiger charge is 2.54. The van der Waals surface area contributed by atoms with E-state index in [2.05, 4.69) is 10.6 Å². The molecule has 1 aliphatic carbocycles. The summed E-state index contributed by atoms with van der Waals surface area (Å²) in [4.78, 5) is 23.1. The Labute approximate surface area is 100 Å². The Hall–Kier alpha value is -1.33. The minimum absolute atomic E-state index is 0.0508. The van der Waals surface area contributed by atoms with Crippen LogP contribution in [0.4, 0.5) is 9.18 Å². The lowest BCUT2D eigenvalue weighted by Gasteiger charge is -2.23. The second-order valence-electron chi connectivity index (χ2n) is 5.20. The molecular weight excluding hydrogens is 227 g/mol. The summed E-state index contributed by atoms with van der Waals surface area (Å²) >= 11 is 0. The minimum atomic E-state index is -1.08. The Balaban J connectivity index is 2.45. The van der Waals surface area contributed by atoms with Crippen LogP contribution in [0.1, 0.15) is 33.6 Å². The molecule has 17 heavy (non-hydrogen) atoms. The molecule has 0 spiro atoms. The van der Waals surface area contributed by atoms with Gasteiger partial charge in [-0.25, -0.2) is 9.18 Å². The van der Waals surface area contributed by atoms with Crippen LogP contribution in [0.15, 0.2) is 0 Å². The summed E-state index contributed by atoms with van der Waals surface area (Å²) in [7, 11) is 0. The fraction of sp³-hybridized carbons (Fsp3) is 0.818. The first-order valence-corrected chi connectivity index (χ1v) is 5.64. The van der Waals surface area contributed by atoms with Gasteiger partial charge < -0.3 is 15.4 Å². The number of carbonyl (C=O) groups is 2. The van der Waals surface area contributed by atoms with E-state index in [1.807, 2.05) is 20.8 Å². The highest BCUT2D eigenvalue weighted by Crippen LogP contribution is 2.39. The zero-order chi connectivity index (χ0) is 13.1. The van der Waals surface area contributed by atoms with Gasteiger partial charge in [-0.3, -0.25) is 4.79 Å². The van der Waals surface area contributed by atoms with Gasteiger partial charge in [0.1, 0.15) is 6.67 Å². The molecule has 0 aromatic heterocycles. The fourth-order valence-corrected chi connectivity index (χ4v) is 1.32. The van der Waals surface area contributed by atoms with Gasteiger partial charge in [0.2, 0.25) is 0 Å². The Morgan fingerprint density at radius 3 is 2.35 bits per heavy atom. The number of amides is 2. The molecule has 1 saturated carbocycles. The molecule has 2 amide bonds. The zero-order valence-electron chi connectivity index (χ0n) is 10.4. The van der Waals surface area contributed by atoms with Gasteiger partial charge in [0, 0.05) is 24.9 Å². The van der Waals surface area contributed by atoms with Gasteiger partial charge >= 0.3 is 6.09 Å². The first kappa shape index (κ1) is 13.7. The van der Waals surface area contributed by atoms with Crippen molar-refractivity contribution in [1.82, 2.24) is 10.6 Å². The van der Waals surface area contributed by atoms with Crippen LogP contribution < -0.4 is 10.6 Å². The van der Waals surface area contributed by atoms with Crippen LogP contribution >= 0.6 is 0 Å². The Morgan fingerprint density at radius 1 is 1.35 bits per heavy atom. The van der Waals surface area contributed by atoms with Crippen LogP contribution in [-0.4, -0.2) is 36.4 Å². The molecule has 1 aliphatic rings. The van der Waals surface area contributed by atoms with Gasteiger partial charge in [-0.15, -0.1) is 0 Å². The third kappa shape index (κ3) is 4.20. The van der Waals surface area contributed by atoms with E-state index in [0.717, 1.165) is 0 Å². The maximum atomic E-state index is 11.9. The quantitative estimate of drug-likeness (QED) is 0.781. The fourth-order valence-electron chi connectivity index (χ4n) is 1.32. The standard InChI is InChI=1S/C11H19FN2O3/c1-10(2,3)14-9(16)17-11(4-5-11)8(15)13-7-6-12/h4-7H2,1-3H3,(H,13,15)(H,14,16). The zero-order valence-corrected chi connectivity index (χ0v) is 10.4. The lowest BCUT2D eigenvalue weighted by Crippen LogP contribution is -2.46. The lowest BCUT2D eigenvalue weighted by molar-refractivity contribution is -0.131. The van der Waals surface area contributed by atoms with Gasteiger partial charge in [0.15, 0.2) is 5.60 Å². The molecule has 0 aromatic rings. The first-order valence-electron chi connectivity index (χ1n) is 5.64. The second kappa shape index (κ2) is 4.89. The highest BCUT2D eigenvalue weighted by atomic mass is 19.1. The second-order valence-corrected chi connectivity index (χ2v) is 5.20. The van der Waals surface area contributed by atoms with E-state index in [4.69, 9.17) is 4.74 Å². The molecule has 5 nitrogen and oxygen atoms in total. The molecule has 0 unspecified atom stereocenters. The molecule has 98 valence electrons. The average molecular weight is 246 g/mol. The molecule has 0 bridgehead atoms. The van der Waals surface area contributed by atoms with E-state index >= 15 is 0 Å². The van der Waals surface area contributed by atoms with Crippen molar-refractivity contribution in [2.75, 3.05) is 13.2 Å². The van der Waals surface area contributed by atoms with Crippen molar-refractivity contribution < 1.29 is 18.7 Å². The Kier molecular flexibility index (Phi) is 3.95. The number of halogens is 1. The number of hydrogen-bond donors (Lipinski definition) is 2. The van der Waals surface area contributed by atoms with Crippen molar-refractivity contribution in [3.05, 3.63) is 0 Å². The number of hydrogen-bond acceptors (Lipinski definition) is 3. The smallest absolute Gasteiger partial charge is 0.408 e. The SMILES string of the molecule is CC(C)(C)NC(=O)OC1(C(=O)NCCF)CC1. The van der Waals surface area contributed by atoms with Crippen LogP contribution in [0.2, 0.25) is 0 Å². The van der Waals surface area contributed by atoms with Crippen LogP contribution in [0.25, 0.3) is 0 Å². The van der Waals surface area contributed by atoms with Crippen LogP contribution in [-0.2, 0) is 9.53 Å². The van der Waals surface area contributed by atoms with Crippen LogP contribution in [0.5, 0.6) is 0 Å². The number of rotatable bonds is 4. The summed E-state index contributed by atoms with van der Waals surface area (Å²) in [5.41, 5.74) is -1.49. The third-order valence-corrected chi connectivity index (χ3v) is 2.26. The molecular formula is C11H19FN2O3. The van der Waals surface area contributed by atoms with Crippen molar-refractivity contribution in [3.63, 3.8) is 0 Å². The number of nitrogens with one attached hydrogen (secondary N) is 2. The molecule has 0 saturated heterocycles. The molecule has 0 aliphatic heterocycles. The third-order valence-electron chi connectivity index (χ3n) is 2.26. The van der Waals surface area contributed by atoms with E-state index in [0.29, 0.717) is 12.8 Å². The predicted octanol–water partition coefficient (Wildman–Crippen LogP) is 1.13. The molecule has 2 N–H and O–H groups in total. The van der Waals surface area contributed by atoms with E-state index < -0.39 is 29.8 Å². The van der Waals surface area contributed by atoms with Gasteiger partial charge in [0.25, 0.3) is 5.91 Å². The first-order chi connectivity index (χ1) is 7.79. The largest absolute Gasteiger partial charge is 0.433 e. The maximum absolute atomic E-state index is 11.9. The monoisotopic (exact) mass is 246 g/mol. The van der Waals surface area contributed by atoms with Crippen molar-refractivity contribution in [3.8, 4) is 0 Å². The van der Waals surface area contributed by atoms with Gasteiger partial charge in [-0.2, -0.15) is 0 Å². The lowest BCUT2D eigenvalue weighted by atomic mass is 10.1. The molecule has 0 atom stereocenters. The summed E-state index contributed by atoms with van der Waals surface area (Å²) in [6.45, 7) is 4.77. The normalized spacial score (nSPS) is 17.2. The molecule has 1 rings (SSSR count). The minimum Gasteiger partial charge on any atom is -0.433 e. The molecule has 0 radical (unpaired) electrons. The Bertz CT molecular complexity index is 308. The number of alkyl halides is 1. The van der Waals surface area contributed by atoms with Gasteiger partial charge in [-0.05, 0) is 20.8 Å². The average Bonchev–Trinajstić information content (AvgIpc) is 2.91. The molecule has 0 heterocycles.